The number of fused-ring (bicyclic) bond motifs is 2. The third-order valence-electron chi connectivity index (χ3n) is 7.45. The molecule has 2 aliphatic carbocycles. The van der Waals surface area contributed by atoms with Gasteiger partial charge in [-0.05, 0) is 74.3 Å². The highest BCUT2D eigenvalue weighted by atomic mass is 19.1. The van der Waals surface area contributed by atoms with Gasteiger partial charge in [-0.1, -0.05) is 24.3 Å². The average Bonchev–Trinajstić information content (AvgIpc) is 3.22. The van der Waals surface area contributed by atoms with Crippen LogP contribution in [0.3, 0.4) is 0 Å². The molecule has 3 fully saturated rings. The molecule has 0 bridgehead atoms. The van der Waals surface area contributed by atoms with Crippen LogP contribution in [0.1, 0.15) is 38.3 Å². The van der Waals surface area contributed by atoms with E-state index in [9.17, 15) is 14.0 Å². The summed E-state index contributed by atoms with van der Waals surface area (Å²) in [7, 11) is 0. The molecule has 184 valence electrons. The van der Waals surface area contributed by atoms with Gasteiger partial charge in [0.05, 0.1) is 18.3 Å². The number of rotatable bonds is 5. The predicted molar refractivity (Wildman–Crippen MR) is 129 cm³/mol. The van der Waals surface area contributed by atoms with Gasteiger partial charge in [-0.25, -0.2) is 14.0 Å². The fourth-order valence-corrected chi connectivity index (χ4v) is 5.92. The lowest BCUT2D eigenvalue weighted by atomic mass is 9.62. The highest BCUT2D eigenvalue weighted by Gasteiger charge is 2.51. The van der Waals surface area contributed by atoms with Crippen LogP contribution >= 0.6 is 0 Å². The maximum atomic E-state index is 13.6. The van der Waals surface area contributed by atoms with Crippen molar-refractivity contribution in [3.8, 4) is 11.1 Å². The molecule has 8 heteroatoms. The second-order valence-electron chi connectivity index (χ2n) is 9.57. The Kier molecular flexibility index (Phi) is 6.70. The van der Waals surface area contributed by atoms with Crippen molar-refractivity contribution in [2.75, 3.05) is 6.61 Å². The first-order valence-electron chi connectivity index (χ1n) is 12.3. The number of hydrogen-bond acceptors (Lipinski definition) is 5. The predicted octanol–water partition coefficient (Wildman–Crippen LogP) is 4.93. The first-order chi connectivity index (χ1) is 17.0. The van der Waals surface area contributed by atoms with Crippen LogP contribution in [0.4, 0.5) is 14.0 Å². The summed E-state index contributed by atoms with van der Waals surface area (Å²) >= 11 is 0. The molecule has 0 spiro atoms. The summed E-state index contributed by atoms with van der Waals surface area (Å²) in [5.41, 5.74) is 2.42. The lowest BCUT2D eigenvalue weighted by Gasteiger charge is -2.46. The van der Waals surface area contributed by atoms with E-state index in [2.05, 4.69) is 21.7 Å². The molecule has 3 aliphatic rings. The molecule has 7 nitrogen and oxygen atoms in total. The molecule has 1 saturated heterocycles. The van der Waals surface area contributed by atoms with Gasteiger partial charge in [0.25, 0.3) is 0 Å². The van der Waals surface area contributed by atoms with Crippen LogP contribution in [0.2, 0.25) is 0 Å². The van der Waals surface area contributed by atoms with Gasteiger partial charge >= 0.3 is 12.2 Å². The lowest BCUT2D eigenvalue weighted by Crippen LogP contribution is -2.52. The minimum Gasteiger partial charge on any atom is -0.450 e. The Balaban J connectivity index is 1.31. The van der Waals surface area contributed by atoms with E-state index in [0.29, 0.717) is 18.4 Å². The Hall–Kier alpha value is -3.42. The Morgan fingerprint density at radius 2 is 2.14 bits per heavy atom. The topological polar surface area (TPSA) is 89.6 Å². The zero-order valence-corrected chi connectivity index (χ0v) is 19.7. The van der Waals surface area contributed by atoms with Crippen molar-refractivity contribution in [1.29, 1.82) is 0 Å². The Bertz CT molecular complexity index is 1110. The molecular formula is C27H30FN3O4. The second-order valence-corrected chi connectivity index (χ2v) is 9.57. The fraction of sp³-hybridized carbons (Fsp3) is 0.444. The van der Waals surface area contributed by atoms with Gasteiger partial charge < -0.3 is 20.1 Å². The number of hydrogen-bond donors (Lipinski definition) is 2. The maximum Gasteiger partial charge on any atom is 0.407 e. The number of carbonyl (C=O) groups excluding carboxylic acids is 2. The van der Waals surface area contributed by atoms with Gasteiger partial charge in [0, 0.05) is 23.7 Å². The van der Waals surface area contributed by atoms with E-state index in [4.69, 9.17) is 9.47 Å². The molecule has 0 radical (unpaired) electrons. The first kappa shape index (κ1) is 23.3. The maximum absolute atomic E-state index is 13.6. The average molecular weight is 480 g/mol. The van der Waals surface area contributed by atoms with Crippen LogP contribution in [-0.2, 0) is 9.47 Å². The number of halogens is 1. The van der Waals surface area contributed by atoms with Crippen molar-refractivity contribution in [2.24, 2.45) is 17.8 Å². The van der Waals surface area contributed by atoms with E-state index in [1.165, 1.54) is 12.1 Å². The summed E-state index contributed by atoms with van der Waals surface area (Å²) in [6.45, 7) is 2.14. The zero-order chi connectivity index (χ0) is 24.4. The van der Waals surface area contributed by atoms with E-state index < -0.39 is 0 Å². The molecule has 6 atom stereocenters. The normalized spacial score (nSPS) is 29.6. The number of ether oxygens (including phenoxy) is 2. The van der Waals surface area contributed by atoms with Crippen LogP contribution in [0.15, 0.2) is 48.7 Å². The number of amides is 2. The first-order valence-corrected chi connectivity index (χ1v) is 12.3. The van der Waals surface area contributed by atoms with Gasteiger partial charge in [0.1, 0.15) is 11.9 Å². The molecule has 1 aromatic carbocycles. The van der Waals surface area contributed by atoms with E-state index in [1.807, 2.05) is 24.3 Å². The van der Waals surface area contributed by atoms with E-state index in [1.54, 1.807) is 19.2 Å². The molecular weight excluding hydrogens is 449 g/mol. The summed E-state index contributed by atoms with van der Waals surface area (Å²) < 4.78 is 24.3. The second kappa shape index (κ2) is 10.1. The Morgan fingerprint density at radius 3 is 2.91 bits per heavy atom. The minimum absolute atomic E-state index is 0.0388. The van der Waals surface area contributed by atoms with Gasteiger partial charge in [0.15, 0.2) is 0 Å². The largest absolute Gasteiger partial charge is 0.450 e. The molecule has 2 saturated carbocycles. The fourth-order valence-electron chi connectivity index (χ4n) is 5.92. The molecule has 35 heavy (non-hydrogen) atoms. The molecule has 2 amide bonds. The van der Waals surface area contributed by atoms with Gasteiger partial charge in [0.2, 0.25) is 0 Å². The van der Waals surface area contributed by atoms with Gasteiger partial charge in [-0.2, -0.15) is 0 Å². The minimum atomic E-state index is -0.369. The highest BCUT2D eigenvalue weighted by Crippen LogP contribution is 2.47. The molecule has 1 aliphatic heterocycles. The number of carbonyl (C=O) groups is 2. The summed E-state index contributed by atoms with van der Waals surface area (Å²) in [4.78, 5) is 28.5. The molecule has 2 heterocycles. The summed E-state index contributed by atoms with van der Waals surface area (Å²) in [5, 5.41) is 5.95. The molecule has 2 N–H and O–H groups in total. The lowest BCUT2D eigenvalue weighted by molar-refractivity contribution is 0.00604. The number of benzene rings is 1. The molecule has 0 unspecified atom stereocenters. The van der Waals surface area contributed by atoms with Gasteiger partial charge in [-0.15, -0.1) is 0 Å². The SMILES string of the molecule is CCOC(=O)N[C@@H]1CC[C@@H]2[C@@H](C1)C[C@@H]1NC(=O)O[C@@H]1[C@H]2/C=C/c1ccc(-c2cccc(F)c2)cn1. The van der Waals surface area contributed by atoms with Crippen LogP contribution in [-0.4, -0.2) is 42.0 Å². The number of nitrogens with zero attached hydrogens (tertiary/aromatic N) is 1. The molecule has 5 rings (SSSR count). The third kappa shape index (κ3) is 5.16. The number of nitrogens with one attached hydrogen (secondary N) is 2. The smallest absolute Gasteiger partial charge is 0.407 e. The Labute approximate surface area is 204 Å². The third-order valence-corrected chi connectivity index (χ3v) is 7.45. The van der Waals surface area contributed by atoms with E-state index in [-0.39, 0.29) is 42.1 Å². The Morgan fingerprint density at radius 1 is 1.26 bits per heavy atom. The quantitative estimate of drug-likeness (QED) is 0.635. The number of aromatic nitrogens is 1. The monoisotopic (exact) mass is 479 g/mol. The highest BCUT2D eigenvalue weighted by molar-refractivity contribution is 5.70. The van der Waals surface area contributed by atoms with Crippen molar-refractivity contribution in [2.45, 2.75) is 50.8 Å². The zero-order valence-electron chi connectivity index (χ0n) is 19.7. The van der Waals surface area contributed by atoms with Crippen molar-refractivity contribution in [3.05, 3.63) is 60.2 Å². The van der Waals surface area contributed by atoms with Crippen molar-refractivity contribution in [1.82, 2.24) is 15.6 Å². The van der Waals surface area contributed by atoms with Crippen molar-refractivity contribution >= 4 is 18.3 Å². The summed E-state index contributed by atoms with van der Waals surface area (Å²) in [6, 6.07) is 10.3. The summed E-state index contributed by atoms with van der Waals surface area (Å²) in [5.74, 6) is 0.495. The van der Waals surface area contributed by atoms with Crippen molar-refractivity contribution < 1.29 is 23.5 Å². The van der Waals surface area contributed by atoms with Crippen molar-refractivity contribution in [3.63, 3.8) is 0 Å². The van der Waals surface area contributed by atoms with E-state index in [0.717, 1.165) is 42.5 Å². The van der Waals surface area contributed by atoms with Crippen LogP contribution in [0.5, 0.6) is 0 Å². The van der Waals surface area contributed by atoms with Crippen LogP contribution in [0.25, 0.3) is 17.2 Å². The summed E-state index contributed by atoms with van der Waals surface area (Å²) in [6.07, 6.45) is 8.40. The number of alkyl carbamates (subject to hydrolysis) is 2. The van der Waals surface area contributed by atoms with E-state index >= 15 is 0 Å². The standard InChI is InChI=1S/C27H30FN3O4/c1-2-34-26(32)30-21-9-10-22-18(13-21)14-24-25(35-27(33)31-24)23(22)11-8-20-7-6-17(15-29-20)16-4-3-5-19(28)12-16/h3-8,11-12,15,18,21-25H,2,9-10,13-14H2,1H3,(H,30,32)(H,31,33)/b11-8+/t18-,21+,22+,23-,24-,25+/m0/s1. The van der Waals surface area contributed by atoms with Crippen LogP contribution in [0, 0.1) is 23.6 Å². The van der Waals surface area contributed by atoms with Crippen LogP contribution < -0.4 is 10.6 Å². The molecule has 2 aromatic rings. The molecule has 1 aromatic heterocycles. The number of pyridine rings is 1. The van der Waals surface area contributed by atoms with Gasteiger partial charge in [-0.3, -0.25) is 4.98 Å².